The molecule has 2 N–H and O–H groups in total. The second kappa shape index (κ2) is 17.0. The van der Waals surface area contributed by atoms with Crippen molar-refractivity contribution in [2.24, 2.45) is 11.8 Å². The molecular formula is C42H47ClN4O9. The van der Waals surface area contributed by atoms with Gasteiger partial charge in [0.15, 0.2) is 0 Å². The Balaban J connectivity index is 1.13. The highest BCUT2D eigenvalue weighted by atomic mass is 35.5. The molecule has 0 unspecified atom stereocenters. The molecule has 7 rings (SSSR count). The Morgan fingerprint density at radius 3 is 1.91 bits per heavy atom. The molecule has 0 radical (unpaired) electrons. The predicted octanol–water partition coefficient (Wildman–Crippen LogP) is 5.12. The third-order valence-corrected chi connectivity index (χ3v) is 11.4. The number of fused-ring (bicyclic) bond motifs is 6. The van der Waals surface area contributed by atoms with Gasteiger partial charge in [-0.2, -0.15) is 0 Å². The third kappa shape index (κ3) is 7.35. The van der Waals surface area contributed by atoms with Gasteiger partial charge in [0.1, 0.15) is 11.5 Å². The molecule has 3 aliphatic heterocycles. The average molecular weight is 787 g/mol. The Hall–Kier alpha value is -4.98. The molecule has 14 heteroatoms. The highest BCUT2D eigenvalue weighted by Crippen LogP contribution is 2.57. The number of esters is 2. The Kier molecular flexibility index (Phi) is 11.9. The van der Waals surface area contributed by atoms with Crippen LogP contribution in [-0.4, -0.2) is 109 Å². The van der Waals surface area contributed by atoms with Gasteiger partial charge >= 0.3 is 11.9 Å². The zero-order chi connectivity index (χ0) is 39.4. The summed E-state index contributed by atoms with van der Waals surface area (Å²) in [5, 5.41) is 12.4. The summed E-state index contributed by atoms with van der Waals surface area (Å²) < 4.78 is 27.8. The van der Waals surface area contributed by atoms with E-state index in [2.05, 4.69) is 5.32 Å². The number of amides is 1. The van der Waals surface area contributed by atoms with Gasteiger partial charge in [-0.15, -0.1) is 11.6 Å². The lowest BCUT2D eigenvalue weighted by Gasteiger charge is -2.42. The first-order valence-electron chi connectivity index (χ1n) is 19.1. The summed E-state index contributed by atoms with van der Waals surface area (Å²) in [6.07, 6.45) is 4.20. The van der Waals surface area contributed by atoms with Crippen LogP contribution in [0, 0.1) is 17.2 Å². The third-order valence-electron chi connectivity index (χ3n) is 11.1. The maximum atomic E-state index is 14.0. The number of benzene rings is 3. The molecule has 3 aromatic carbocycles. The van der Waals surface area contributed by atoms with Crippen LogP contribution < -0.4 is 19.9 Å². The number of nitrogens with one attached hydrogen (secondary N) is 2. The molecule has 1 amide bonds. The van der Waals surface area contributed by atoms with Crippen molar-refractivity contribution in [2.75, 3.05) is 89.1 Å². The topological polar surface area (TPSA) is 157 Å². The van der Waals surface area contributed by atoms with E-state index in [1.165, 1.54) is 14.2 Å². The Morgan fingerprint density at radius 1 is 0.768 bits per heavy atom. The lowest BCUT2D eigenvalue weighted by atomic mass is 9.67. The van der Waals surface area contributed by atoms with Crippen LogP contribution in [0.1, 0.15) is 63.1 Å². The van der Waals surface area contributed by atoms with Crippen LogP contribution in [0.25, 0.3) is 0 Å². The van der Waals surface area contributed by atoms with Crippen LogP contribution in [-0.2, 0) is 34.0 Å². The number of rotatable bonds is 17. The van der Waals surface area contributed by atoms with Gasteiger partial charge in [0.05, 0.1) is 57.0 Å². The number of methoxy groups -OCH3 is 2. The van der Waals surface area contributed by atoms with E-state index in [0.717, 1.165) is 37.1 Å². The average Bonchev–Trinajstić information content (AvgIpc) is 3.38. The summed E-state index contributed by atoms with van der Waals surface area (Å²) in [7, 11) is 2.76. The molecule has 2 saturated heterocycles. The number of carbonyl (C=O) groups is 4. The minimum Gasteiger partial charge on any atom is -0.469 e. The van der Waals surface area contributed by atoms with Gasteiger partial charge in [0.2, 0.25) is 5.78 Å². The van der Waals surface area contributed by atoms with Crippen molar-refractivity contribution in [1.82, 2.24) is 5.32 Å². The molecule has 13 nitrogen and oxygen atoms in total. The van der Waals surface area contributed by atoms with Crippen LogP contribution in [0.2, 0.25) is 0 Å². The van der Waals surface area contributed by atoms with Crippen LogP contribution in [0.15, 0.2) is 54.6 Å². The normalized spacial score (nSPS) is 16.7. The highest BCUT2D eigenvalue weighted by molar-refractivity contribution is 6.53. The number of ketones is 1. The fourth-order valence-electron chi connectivity index (χ4n) is 7.98. The van der Waals surface area contributed by atoms with E-state index in [1.807, 2.05) is 46.2 Å². The number of ether oxygens (including phenoxy) is 5. The number of nitrogens with zero attached hydrogens (tertiary/aromatic N) is 2. The predicted molar refractivity (Wildman–Crippen MR) is 210 cm³/mol. The standard InChI is InChI=1S/C42H47ClN4O9/c1-52-40(50)27-22-46(23-27)29-8-11-32-35(20-29)56-36-21-30(47-24-28(25-47)41(51)53-2)9-12-33(36)42(32)34-19-26(7-10-31(34)37(48)38(42)44)39(49)45-14-16-55-18-17-54-15-6-4-3-5-13-43/h7-12,19-21,27-28,44H,3-6,13-18,22-25H2,1-2H3,(H,45,49). The summed E-state index contributed by atoms with van der Waals surface area (Å²) in [4.78, 5) is 55.8. The van der Waals surface area contributed by atoms with Gasteiger partial charge < -0.3 is 38.8 Å². The number of halogens is 1. The van der Waals surface area contributed by atoms with E-state index in [0.29, 0.717) is 97.8 Å². The summed E-state index contributed by atoms with van der Waals surface area (Å²) in [6.45, 7) is 4.09. The maximum absolute atomic E-state index is 14.0. The molecule has 56 heavy (non-hydrogen) atoms. The molecule has 4 aliphatic rings. The summed E-state index contributed by atoms with van der Waals surface area (Å²) in [5.41, 5.74) is 2.52. The quantitative estimate of drug-likeness (QED) is 0.106. The number of unbranched alkanes of at least 4 members (excludes halogenated alkanes) is 3. The van der Waals surface area contributed by atoms with Gasteiger partial charge in [0.25, 0.3) is 5.91 Å². The molecular weight excluding hydrogens is 740 g/mol. The van der Waals surface area contributed by atoms with E-state index in [4.69, 9.17) is 35.3 Å². The van der Waals surface area contributed by atoms with Gasteiger partial charge in [0, 0.05) is 91.0 Å². The molecule has 0 saturated carbocycles. The SMILES string of the molecule is COC(=O)C1CN(c2ccc3c(c2)Oc2cc(N4CC(C(=O)OC)C4)ccc2C32C(=N)C(=O)c3ccc(C(=O)NCCOCCOCCCCCCCl)cc32)C1. The first-order chi connectivity index (χ1) is 27.2. The van der Waals surface area contributed by atoms with E-state index in [-0.39, 0.29) is 41.9 Å². The molecule has 0 bridgehead atoms. The molecule has 2 fully saturated rings. The van der Waals surface area contributed by atoms with Gasteiger partial charge in [-0.05, 0) is 48.7 Å². The summed E-state index contributed by atoms with van der Waals surface area (Å²) in [5.74, 6) is -0.159. The van der Waals surface area contributed by atoms with Crippen molar-refractivity contribution in [3.8, 4) is 11.5 Å². The number of carbonyl (C=O) groups excluding carboxylic acids is 4. The molecule has 1 aliphatic carbocycles. The Bertz CT molecular complexity index is 1930. The molecule has 296 valence electrons. The minimum absolute atomic E-state index is 0.147. The second-order valence-electron chi connectivity index (χ2n) is 14.5. The lowest BCUT2D eigenvalue weighted by Crippen LogP contribution is -2.51. The molecule has 1 spiro atoms. The zero-order valence-corrected chi connectivity index (χ0v) is 32.5. The van der Waals surface area contributed by atoms with Crippen molar-refractivity contribution >= 4 is 52.3 Å². The van der Waals surface area contributed by atoms with Crippen molar-refractivity contribution in [2.45, 2.75) is 31.1 Å². The fraction of sp³-hybridized carbons (Fsp3) is 0.452. The van der Waals surface area contributed by atoms with Crippen molar-refractivity contribution < 1.29 is 42.9 Å². The summed E-state index contributed by atoms with van der Waals surface area (Å²) in [6, 6.07) is 16.2. The molecule has 3 aromatic rings. The van der Waals surface area contributed by atoms with Gasteiger partial charge in [-0.1, -0.05) is 25.0 Å². The molecule has 0 aromatic heterocycles. The Labute approximate surface area is 331 Å². The van der Waals surface area contributed by atoms with Crippen molar-refractivity contribution in [3.63, 3.8) is 0 Å². The number of alkyl halides is 1. The van der Waals surface area contributed by atoms with E-state index in [9.17, 15) is 24.6 Å². The highest BCUT2D eigenvalue weighted by Gasteiger charge is 2.56. The lowest BCUT2D eigenvalue weighted by molar-refractivity contribution is -0.147. The van der Waals surface area contributed by atoms with Crippen LogP contribution >= 0.6 is 11.6 Å². The van der Waals surface area contributed by atoms with Gasteiger partial charge in [-0.25, -0.2) is 0 Å². The van der Waals surface area contributed by atoms with Gasteiger partial charge in [-0.3, -0.25) is 24.6 Å². The largest absolute Gasteiger partial charge is 0.469 e. The van der Waals surface area contributed by atoms with Crippen LogP contribution in [0.5, 0.6) is 11.5 Å². The van der Waals surface area contributed by atoms with Crippen LogP contribution in [0.3, 0.4) is 0 Å². The number of anilines is 2. The molecule has 0 atom stereocenters. The van der Waals surface area contributed by atoms with Crippen LogP contribution in [0.4, 0.5) is 11.4 Å². The first-order valence-corrected chi connectivity index (χ1v) is 19.6. The second-order valence-corrected chi connectivity index (χ2v) is 14.9. The number of hydrogen-bond acceptors (Lipinski definition) is 12. The van der Waals surface area contributed by atoms with E-state index < -0.39 is 11.2 Å². The van der Waals surface area contributed by atoms with E-state index >= 15 is 0 Å². The Morgan fingerprint density at radius 2 is 1.34 bits per heavy atom. The maximum Gasteiger partial charge on any atom is 0.312 e. The number of Topliss-reactive ketones (excluding diaryl/α,β-unsaturated/α-hetero) is 1. The minimum atomic E-state index is -1.37. The van der Waals surface area contributed by atoms with Crippen molar-refractivity contribution in [3.05, 3.63) is 82.4 Å². The number of hydrogen-bond donors (Lipinski definition) is 2. The molecule has 3 heterocycles. The zero-order valence-electron chi connectivity index (χ0n) is 31.7. The van der Waals surface area contributed by atoms with Crippen molar-refractivity contribution in [1.29, 1.82) is 5.41 Å². The van der Waals surface area contributed by atoms with E-state index in [1.54, 1.807) is 18.2 Å². The smallest absolute Gasteiger partial charge is 0.312 e. The fourth-order valence-corrected chi connectivity index (χ4v) is 8.17. The summed E-state index contributed by atoms with van der Waals surface area (Å²) >= 11 is 5.72. The monoisotopic (exact) mass is 786 g/mol. The first kappa shape index (κ1) is 39.3.